The van der Waals surface area contributed by atoms with E-state index in [-0.39, 0.29) is 36.2 Å². The molecule has 2 aromatic carbocycles. The van der Waals surface area contributed by atoms with E-state index >= 15 is 4.39 Å². The molecule has 2 fully saturated rings. The summed E-state index contributed by atoms with van der Waals surface area (Å²) in [6.07, 6.45) is -5.33. The Labute approximate surface area is 271 Å². The average Bonchev–Trinajstić information content (AvgIpc) is 3.32. The zero-order chi connectivity index (χ0) is 33.3. The van der Waals surface area contributed by atoms with Crippen LogP contribution < -0.4 is 20.7 Å². The summed E-state index contributed by atoms with van der Waals surface area (Å²) in [7, 11) is -4.01. The van der Waals surface area contributed by atoms with Crippen molar-refractivity contribution in [3.63, 3.8) is 0 Å². The number of alkyl halides is 4. The molecule has 0 aliphatic carbocycles. The molecule has 2 aliphatic heterocycles. The maximum atomic E-state index is 15.5. The third-order valence-electron chi connectivity index (χ3n) is 8.53. The number of hydrogen-bond donors (Lipinski definition) is 2. The number of thiophene rings is 1. The van der Waals surface area contributed by atoms with Gasteiger partial charge in [0, 0.05) is 24.4 Å². The van der Waals surface area contributed by atoms with E-state index in [1.54, 1.807) is 49.7 Å². The number of halogens is 4. The lowest BCUT2D eigenvalue weighted by atomic mass is 9.98. The number of benzene rings is 2. The summed E-state index contributed by atoms with van der Waals surface area (Å²) < 4.78 is 98.6. The summed E-state index contributed by atoms with van der Waals surface area (Å²) in [4.78, 5) is 2.32. The van der Waals surface area contributed by atoms with Gasteiger partial charge in [-0.05, 0) is 67.8 Å². The minimum absolute atomic E-state index is 0.0378. The molecule has 250 valence electrons. The molecule has 3 heterocycles. The second-order valence-electron chi connectivity index (χ2n) is 12.2. The summed E-state index contributed by atoms with van der Waals surface area (Å²) in [6, 6.07) is 9.75. The number of rotatable bonds is 8. The maximum absolute atomic E-state index is 15.5. The van der Waals surface area contributed by atoms with Gasteiger partial charge in [-0.15, -0.1) is 11.3 Å². The number of ether oxygens (including phenoxy) is 1. The molecule has 0 saturated carbocycles. The molecular weight excluding hydrogens is 661 g/mol. The van der Waals surface area contributed by atoms with Crippen molar-refractivity contribution in [1.29, 1.82) is 0 Å². The Balaban J connectivity index is 1.33. The van der Waals surface area contributed by atoms with E-state index in [9.17, 15) is 26.2 Å². The maximum Gasteiger partial charge on any atom is 0.393 e. The van der Waals surface area contributed by atoms with Crippen molar-refractivity contribution in [2.75, 3.05) is 62.2 Å². The van der Waals surface area contributed by atoms with Crippen LogP contribution in [-0.2, 0) is 20.8 Å². The Morgan fingerprint density at radius 1 is 1.11 bits per heavy atom. The first kappa shape index (κ1) is 34.6. The highest BCUT2D eigenvalue weighted by Gasteiger charge is 2.36. The van der Waals surface area contributed by atoms with Gasteiger partial charge in [-0.1, -0.05) is 24.0 Å². The zero-order valence-electron chi connectivity index (χ0n) is 25.9. The molecule has 1 aromatic heterocycles. The zero-order valence-corrected chi connectivity index (χ0v) is 28.4. The molecule has 2 unspecified atom stereocenters. The number of fused-ring (bicyclic) bond motifs is 1. The first-order chi connectivity index (χ1) is 21.6. The van der Waals surface area contributed by atoms with E-state index in [4.69, 9.17) is 4.74 Å². The van der Waals surface area contributed by atoms with Crippen LogP contribution in [0.15, 0.2) is 36.4 Å². The van der Waals surface area contributed by atoms with Gasteiger partial charge in [-0.2, -0.15) is 13.2 Å². The third kappa shape index (κ3) is 8.38. The molecule has 2 saturated heterocycles. The molecule has 0 spiro atoms. The minimum Gasteiger partial charge on any atom is -0.495 e. The number of sulfone groups is 1. The van der Waals surface area contributed by atoms with Crippen molar-refractivity contribution < 1.29 is 35.3 Å². The molecule has 2 N–H and O–H groups in total. The SMILES string of the molecule is COc1cc(P(C)(C)=O)ccc1NCC#Cc1sc2c(NC3CCN(C4CCS(=O)(=O)CC4)CC3F)cccc2c1CC(F)(F)F. The van der Waals surface area contributed by atoms with Crippen molar-refractivity contribution in [2.24, 2.45) is 0 Å². The van der Waals surface area contributed by atoms with Gasteiger partial charge < -0.3 is 19.9 Å². The van der Waals surface area contributed by atoms with Crippen molar-refractivity contribution in [3.05, 3.63) is 46.8 Å². The van der Waals surface area contributed by atoms with E-state index < -0.39 is 41.8 Å². The van der Waals surface area contributed by atoms with Gasteiger partial charge in [0.1, 0.15) is 28.9 Å². The lowest BCUT2D eigenvalue weighted by Crippen LogP contribution is -2.52. The summed E-state index contributed by atoms with van der Waals surface area (Å²) in [5.41, 5.74) is 1.27. The average molecular weight is 700 g/mol. The van der Waals surface area contributed by atoms with Gasteiger partial charge >= 0.3 is 6.18 Å². The van der Waals surface area contributed by atoms with Crippen molar-refractivity contribution in [3.8, 4) is 17.6 Å². The highest BCUT2D eigenvalue weighted by atomic mass is 32.2. The van der Waals surface area contributed by atoms with Crippen LogP contribution in [0.25, 0.3) is 10.1 Å². The van der Waals surface area contributed by atoms with Gasteiger partial charge in [0.25, 0.3) is 0 Å². The van der Waals surface area contributed by atoms with E-state index in [1.807, 2.05) is 4.90 Å². The lowest BCUT2D eigenvalue weighted by molar-refractivity contribution is -0.126. The van der Waals surface area contributed by atoms with Crippen LogP contribution in [0.5, 0.6) is 5.75 Å². The van der Waals surface area contributed by atoms with Crippen LogP contribution in [0.2, 0.25) is 0 Å². The molecule has 5 rings (SSSR count). The molecule has 2 atom stereocenters. The first-order valence-corrected chi connectivity index (χ1v) is 20.3. The molecule has 7 nitrogen and oxygen atoms in total. The Kier molecular flexibility index (Phi) is 10.3. The van der Waals surface area contributed by atoms with Crippen LogP contribution in [-0.4, -0.2) is 89.3 Å². The first-order valence-electron chi connectivity index (χ1n) is 15.1. The van der Waals surface area contributed by atoms with E-state index in [0.717, 1.165) is 11.3 Å². The molecule has 0 bridgehead atoms. The fourth-order valence-electron chi connectivity index (χ4n) is 6.05. The Morgan fingerprint density at radius 2 is 1.85 bits per heavy atom. The number of methoxy groups -OCH3 is 1. The van der Waals surface area contributed by atoms with Crippen molar-refractivity contribution >= 4 is 55.1 Å². The smallest absolute Gasteiger partial charge is 0.393 e. The molecule has 2 aliphatic rings. The monoisotopic (exact) mass is 699 g/mol. The van der Waals surface area contributed by atoms with Gasteiger partial charge in [-0.3, -0.25) is 4.90 Å². The topological polar surface area (TPSA) is 87.7 Å². The predicted octanol–water partition coefficient (Wildman–Crippen LogP) is 6.13. The van der Waals surface area contributed by atoms with Crippen LogP contribution in [0.3, 0.4) is 0 Å². The summed E-state index contributed by atoms with van der Waals surface area (Å²) >= 11 is 1.15. The standard InChI is InChI=1S/C32H38F4N3O4PS2/c1-43-29-18-22(44(2,3)40)9-10-27(29)37-14-5-8-30-24(19-32(34,35)36)23-6-4-7-28(31(23)45-30)38-26-11-15-39(20-25(26)33)21-12-16-46(41,42)17-13-21/h4,6-7,9-10,18,21,25-26,37-38H,11-17,19-20H2,1-3H3. The van der Waals surface area contributed by atoms with E-state index in [0.29, 0.717) is 63.2 Å². The quantitative estimate of drug-likeness (QED) is 0.166. The molecule has 14 heteroatoms. The lowest BCUT2D eigenvalue weighted by Gasteiger charge is -2.41. The largest absolute Gasteiger partial charge is 0.495 e. The number of likely N-dealkylation sites (tertiary alicyclic amines) is 1. The van der Waals surface area contributed by atoms with Crippen LogP contribution in [0, 0.1) is 11.8 Å². The predicted molar refractivity (Wildman–Crippen MR) is 179 cm³/mol. The Bertz CT molecular complexity index is 1780. The number of nitrogens with one attached hydrogen (secondary N) is 2. The number of anilines is 2. The molecule has 0 amide bonds. The normalized spacial score (nSPS) is 21.0. The van der Waals surface area contributed by atoms with Gasteiger partial charge in [0.05, 0.1) is 58.6 Å². The van der Waals surface area contributed by atoms with E-state index in [1.165, 1.54) is 7.11 Å². The van der Waals surface area contributed by atoms with E-state index in [2.05, 4.69) is 22.5 Å². The Morgan fingerprint density at radius 3 is 2.50 bits per heavy atom. The number of hydrogen-bond acceptors (Lipinski definition) is 8. The summed E-state index contributed by atoms with van der Waals surface area (Å²) in [5.74, 6) is 6.59. The summed E-state index contributed by atoms with van der Waals surface area (Å²) in [5, 5.41) is 7.49. The molecule has 0 radical (unpaired) electrons. The third-order valence-corrected chi connectivity index (χ3v) is 13.0. The van der Waals surface area contributed by atoms with Gasteiger partial charge in [0.15, 0.2) is 0 Å². The van der Waals surface area contributed by atoms with Gasteiger partial charge in [0.2, 0.25) is 0 Å². The minimum atomic E-state index is -4.45. The molecular formula is C32H38F4N3O4PS2. The Hall–Kier alpha value is -2.78. The number of piperidine rings is 1. The highest BCUT2D eigenvalue weighted by molar-refractivity contribution is 7.91. The van der Waals surface area contributed by atoms with Crippen LogP contribution in [0.4, 0.5) is 28.9 Å². The molecule has 3 aromatic rings. The second-order valence-corrected chi connectivity index (χ2v) is 18.8. The van der Waals surface area contributed by atoms with Crippen molar-refractivity contribution in [2.45, 2.75) is 50.1 Å². The molecule has 46 heavy (non-hydrogen) atoms. The number of nitrogens with zero attached hydrogens (tertiary/aromatic N) is 1. The van der Waals surface area contributed by atoms with Crippen LogP contribution in [0.1, 0.15) is 29.7 Å². The van der Waals surface area contributed by atoms with Crippen LogP contribution >= 0.6 is 18.5 Å². The fourth-order valence-corrected chi connectivity index (χ4v) is 9.55. The fraction of sp³-hybridized carbons (Fsp3) is 0.500. The summed E-state index contributed by atoms with van der Waals surface area (Å²) in [6.45, 7) is 4.25. The highest BCUT2D eigenvalue weighted by Crippen LogP contribution is 2.40. The second kappa shape index (κ2) is 13.8. The van der Waals surface area contributed by atoms with Crippen molar-refractivity contribution in [1.82, 2.24) is 4.90 Å². The van der Waals surface area contributed by atoms with Gasteiger partial charge in [-0.25, -0.2) is 12.8 Å².